The fourth-order valence-electron chi connectivity index (χ4n) is 1.87. The summed E-state index contributed by atoms with van der Waals surface area (Å²) in [5.74, 6) is -1.53. The van der Waals surface area contributed by atoms with Crippen LogP contribution in [0.4, 0.5) is 31.1 Å². The highest BCUT2D eigenvalue weighted by Crippen LogP contribution is 2.53. The normalized spacial score (nSPS) is 13.8. The minimum Gasteiger partial charge on any atom is -0.451 e. The van der Waals surface area contributed by atoms with Gasteiger partial charge < -0.3 is 14.2 Å². The van der Waals surface area contributed by atoms with Crippen molar-refractivity contribution >= 4 is 12.1 Å². The van der Waals surface area contributed by atoms with Crippen LogP contribution in [0.25, 0.3) is 0 Å². The van der Waals surface area contributed by atoms with Gasteiger partial charge in [0.1, 0.15) is 5.60 Å². The van der Waals surface area contributed by atoms with E-state index in [0.29, 0.717) is 13.8 Å². The van der Waals surface area contributed by atoms with Crippen LogP contribution in [0.15, 0.2) is 12.2 Å². The van der Waals surface area contributed by atoms with Crippen LogP contribution in [0.5, 0.6) is 0 Å². The van der Waals surface area contributed by atoms with Crippen molar-refractivity contribution in [1.82, 2.24) is 0 Å². The Kier molecular flexibility index (Phi) is 6.47. The molecule has 0 aliphatic carbocycles. The topological polar surface area (TPSA) is 61.8 Å². The largest absolute Gasteiger partial charge is 0.510 e. The first-order chi connectivity index (χ1) is 11.2. The number of carbonyl (C=O) groups excluding carboxylic acids is 2. The van der Waals surface area contributed by atoms with Gasteiger partial charge in [-0.2, -0.15) is 26.3 Å². The van der Waals surface area contributed by atoms with E-state index in [1.54, 1.807) is 0 Å². The van der Waals surface area contributed by atoms with Crippen LogP contribution in [0.3, 0.4) is 0 Å². The van der Waals surface area contributed by atoms with Gasteiger partial charge in [-0.1, -0.05) is 6.58 Å². The minimum atomic E-state index is -6.19. The second kappa shape index (κ2) is 6.99. The summed E-state index contributed by atoms with van der Waals surface area (Å²) >= 11 is 0. The van der Waals surface area contributed by atoms with Crippen molar-refractivity contribution in [3.05, 3.63) is 12.2 Å². The van der Waals surface area contributed by atoms with Gasteiger partial charge in [0.25, 0.3) is 0 Å². The van der Waals surface area contributed by atoms with Crippen LogP contribution in [0.1, 0.15) is 41.5 Å². The van der Waals surface area contributed by atoms with Crippen LogP contribution in [0, 0.1) is 0 Å². The Labute approximate surface area is 146 Å². The Hall–Kier alpha value is -1.94. The molecule has 11 heteroatoms. The molecule has 0 rings (SSSR count). The Morgan fingerprint density at radius 2 is 1.15 bits per heavy atom. The number of hydrogen-bond acceptors (Lipinski definition) is 5. The number of hydrogen-bond donors (Lipinski definition) is 0. The highest BCUT2D eigenvalue weighted by molar-refractivity contribution is 5.87. The average molecular weight is 394 g/mol. The number of rotatable bonds is 4. The monoisotopic (exact) mass is 394 g/mol. The number of carbonyl (C=O) groups is 2. The van der Waals surface area contributed by atoms with Crippen molar-refractivity contribution in [2.24, 2.45) is 0 Å². The summed E-state index contributed by atoms with van der Waals surface area (Å²) in [5.41, 5.74) is -10.5. The summed E-state index contributed by atoms with van der Waals surface area (Å²) < 4.78 is 93.8. The first-order valence-electron chi connectivity index (χ1n) is 7.12. The van der Waals surface area contributed by atoms with E-state index in [9.17, 15) is 35.9 Å². The van der Waals surface area contributed by atoms with Gasteiger partial charge in [0.05, 0.1) is 0 Å². The Morgan fingerprint density at radius 3 is 1.42 bits per heavy atom. The highest BCUT2D eigenvalue weighted by atomic mass is 19.4. The molecule has 0 N–H and O–H groups in total. The standard InChI is InChI=1S/C15H20F6O5/c1-8(2)9(22)24-12(6,7)13(14(16,17)18,15(19,20)21)26-10(23)25-11(3,4)5/h1H2,2-7H3. The number of halogens is 6. The van der Waals surface area contributed by atoms with Gasteiger partial charge in [-0.25, -0.2) is 9.59 Å². The molecule has 0 radical (unpaired) electrons. The zero-order valence-corrected chi connectivity index (χ0v) is 15.0. The molecular weight excluding hydrogens is 374 g/mol. The van der Waals surface area contributed by atoms with Gasteiger partial charge in [0, 0.05) is 5.57 Å². The average Bonchev–Trinajstić information content (AvgIpc) is 2.29. The third-order valence-electron chi connectivity index (χ3n) is 2.97. The number of ether oxygens (including phenoxy) is 3. The molecule has 0 spiro atoms. The molecule has 0 atom stereocenters. The van der Waals surface area contributed by atoms with Crippen LogP contribution >= 0.6 is 0 Å². The van der Waals surface area contributed by atoms with Crippen LogP contribution in [0.2, 0.25) is 0 Å². The Balaban J connectivity index is 6.38. The fourth-order valence-corrected chi connectivity index (χ4v) is 1.87. The molecule has 0 saturated heterocycles. The van der Waals surface area contributed by atoms with E-state index in [2.05, 4.69) is 20.8 Å². The van der Waals surface area contributed by atoms with Crippen LogP contribution < -0.4 is 0 Å². The molecule has 0 aromatic heterocycles. The molecule has 0 aromatic carbocycles. The number of esters is 1. The Morgan fingerprint density at radius 1 is 0.769 bits per heavy atom. The van der Waals surface area contributed by atoms with Crippen molar-refractivity contribution in [3.63, 3.8) is 0 Å². The molecule has 26 heavy (non-hydrogen) atoms. The second-order valence-corrected chi connectivity index (χ2v) is 6.92. The second-order valence-electron chi connectivity index (χ2n) is 6.92. The van der Waals surface area contributed by atoms with E-state index in [0.717, 1.165) is 6.92 Å². The lowest BCUT2D eigenvalue weighted by Gasteiger charge is -2.45. The van der Waals surface area contributed by atoms with Gasteiger partial charge in [-0.05, 0) is 41.5 Å². The summed E-state index contributed by atoms with van der Waals surface area (Å²) in [6.45, 7) is 8.38. The molecule has 0 bridgehead atoms. The van der Waals surface area contributed by atoms with Crippen molar-refractivity contribution in [3.8, 4) is 0 Å². The Bertz CT molecular complexity index is 555. The SMILES string of the molecule is C=C(C)C(=O)OC(C)(C)C(OC(=O)OC(C)(C)C)(C(F)(F)F)C(F)(F)F. The first kappa shape index (κ1) is 24.1. The summed E-state index contributed by atoms with van der Waals surface area (Å²) in [5, 5.41) is 0. The summed E-state index contributed by atoms with van der Waals surface area (Å²) in [7, 11) is 0. The molecular formula is C15H20F6O5. The summed E-state index contributed by atoms with van der Waals surface area (Å²) in [6, 6.07) is 0. The van der Waals surface area contributed by atoms with E-state index in [-0.39, 0.29) is 0 Å². The van der Waals surface area contributed by atoms with Gasteiger partial charge in [-0.3, -0.25) is 0 Å². The quantitative estimate of drug-likeness (QED) is 0.393. The van der Waals surface area contributed by atoms with E-state index in [1.807, 2.05) is 0 Å². The van der Waals surface area contributed by atoms with Crippen molar-refractivity contribution in [1.29, 1.82) is 0 Å². The van der Waals surface area contributed by atoms with Gasteiger partial charge >= 0.3 is 30.1 Å². The molecule has 0 amide bonds. The first-order valence-corrected chi connectivity index (χ1v) is 7.12. The van der Waals surface area contributed by atoms with Crippen molar-refractivity contribution in [2.75, 3.05) is 0 Å². The van der Waals surface area contributed by atoms with Crippen molar-refractivity contribution < 1.29 is 50.1 Å². The highest BCUT2D eigenvalue weighted by Gasteiger charge is 2.82. The molecule has 0 aromatic rings. The molecule has 0 heterocycles. The zero-order valence-electron chi connectivity index (χ0n) is 15.0. The predicted octanol–water partition coefficient (Wildman–Crippen LogP) is 4.70. The summed E-state index contributed by atoms with van der Waals surface area (Å²) in [6.07, 6.45) is -14.6. The van der Waals surface area contributed by atoms with Crippen molar-refractivity contribution in [2.45, 2.75) is 70.7 Å². The lowest BCUT2D eigenvalue weighted by atomic mass is 9.83. The van der Waals surface area contributed by atoms with E-state index < -0.39 is 46.9 Å². The maximum Gasteiger partial charge on any atom is 0.510 e. The molecule has 0 aliphatic rings. The van der Waals surface area contributed by atoms with Gasteiger partial charge in [0.15, 0.2) is 5.60 Å². The minimum absolute atomic E-state index is 0.319. The number of alkyl halides is 6. The smallest absolute Gasteiger partial charge is 0.451 e. The zero-order chi connectivity index (χ0) is 21.4. The van der Waals surface area contributed by atoms with E-state index in [4.69, 9.17) is 0 Å². The molecule has 0 aliphatic heterocycles. The summed E-state index contributed by atoms with van der Waals surface area (Å²) in [4.78, 5) is 23.2. The van der Waals surface area contributed by atoms with Crippen LogP contribution in [-0.4, -0.2) is 41.3 Å². The van der Waals surface area contributed by atoms with Gasteiger partial charge in [0.2, 0.25) is 0 Å². The molecule has 0 fully saturated rings. The molecule has 0 saturated carbocycles. The van der Waals surface area contributed by atoms with Crippen LogP contribution in [-0.2, 0) is 19.0 Å². The third-order valence-corrected chi connectivity index (χ3v) is 2.97. The maximum absolute atomic E-state index is 13.5. The fraction of sp³-hybridized carbons (Fsp3) is 0.733. The molecule has 152 valence electrons. The van der Waals surface area contributed by atoms with E-state index in [1.165, 1.54) is 20.8 Å². The lowest BCUT2D eigenvalue weighted by Crippen LogP contribution is -2.72. The lowest BCUT2D eigenvalue weighted by molar-refractivity contribution is -0.407. The third kappa shape index (κ3) is 5.04. The molecule has 0 unspecified atom stereocenters. The predicted molar refractivity (Wildman–Crippen MR) is 77.1 cm³/mol. The molecule has 5 nitrogen and oxygen atoms in total. The van der Waals surface area contributed by atoms with E-state index >= 15 is 0 Å². The van der Waals surface area contributed by atoms with Gasteiger partial charge in [-0.15, -0.1) is 0 Å². The maximum atomic E-state index is 13.5.